The molecule has 4 aromatic rings. The molecule has 0 aliphatic carbocycles. The molecule has 35 heavy (non-hydrogen) atoms. The molecule has 5 nitrogen and oxygen atoms in total. The highest BCUT2D eigenvalue weighted by Gasteiger charge is 2.33. The van der Waals surface area contributed by atoms with Gasteiger partial charge in [-0.25, -0.2) is 16.8 Å². The van der Waals surface area contributed by atoms with E-state index in [9.17, 15) is 16.8 Å². The lowest BCUT2D eigenvalue weighted by atomic mass is 9.99. The SMILES string of the molecule is C=C/C=C(/C(NS(=O)(=O)c1ccccc1)c1cccc2ccccc12)S(=O)(=O)c1ccc(C)cc1. The molecule has 0 fully saturated rings. The van der Waals surface area contributed by atoms with E-state index >= 15 is 0 Å². The van der Waals surface area contributed by atoms with Gasteiger partial charge in [-0.2, -0.15) is 4.72 Å². The Balaban J connectivity index is 1.96. The third-order valence-corrected chi connectivity index (χ3v) is 8.99. The molecule has 0 spiro atoms. The summed E-state index contributed by atoms with van der Waals surface area (Å²) in [5.41, 5.74) is 1.43. The van der Waals surface area contributed by atoms with E-state index in [4.69, 9.17) is 0 Å². The van der Waals surface area contributed by atoms with Gasteiger partial charge in [-0.1, -0.05) is 91.0 Å². The number of sulfone groups is 1. The number of aryl methyl sites for hydroxylation is 1. The Morgan fingerprint density at radius 1 is 0.771 bits per heavy atom. The zero-order valence-corrected chi connectivity index (χ0v) is 20.8. The number of hydrogen-bond acceptors (Lipinski definition) is 4. The summed E-state index contributed by atoms with van der Waals surface area (Å²) < 4.78 is 57.2. The predicted molar refractivity (Wildman–Crippen MR) is 140 cm³/mol. The van der Waals surface area contributed by atoms with E-state index in [0.29, 0.717) is 5.56 Å². The van der Waals surface area contributed by atoms with E-state index < -0.39 is 25.9 Å². The molecule has 4 aromatic carbocycles. The van der Waals surface area contributed by atoms with E-state index in [-0.39, 0.29) is 14.7 Å². The molecule has 0 saturated carbocycles. The summed E-state index contributed by atoms with van der Waals surface area (Å²) in [7, 11) is -8.17. The summed E-state index contributed by atoms with van der Waals surface area (Å²) in [6, 6.07) is 26.0. The van der Waals surface area contributed by atoms with Crippen molar-refractivity contribution >= 4 is 30.6 Å². The highest BCUT2D eigenvalue weighted by atomic mass is 32.2. The van der Waals surface area contributed by atoms with E-state index in [1.165, 1.54) is 36.4 Å². The van der Waals surface area contributed by atoms with Crippen LogP contribution in [0.5, 0.6) is 0 Å². The third-order valence-electron chi connectivity index (χ3n) is 5.67. The molecule has 0 aliphatic heterocycles. The highest BCUT2D eigenvalue weighted by Crippen LogP contribution is 2.36. The van der Waals surface area contributed by atoms with Gasteiger partial charge in [0.1, 0.15) is 0 Å². The van der Waals surface area contributed by atoms with Gasteiger partial charge in [-0.15, -0.1) is 0 Å². The molecule has 0 heterocycles. The van der Waals surface area contributed by atoms with Crippen LogP contribution in [0.3, 0.4) is 0 Å². The van der Waals surface area contributed by atoms with Gasteiger partial charge in [0, 0.05) is 0 Å². The molecular formula is C28H25NO4S2. The van der Waals surface area contributed by atoms with Gasteiger partial charge < -0.3 is 0 Å². The van der Waals surface area contributed by atoms with E-state index in [1.807, 2.05) is 37.3 Å². The number of nitrogens with one attached hydrogen (secondary N) is 1. The molecular weight excluding hydrogens is 478 g/mol. The minimum atomic E-state index is -4.09. The molecule has 0 bridgehead atoms. The minimum absolute atomic E-state index is 0.0379. The first-order chi connectivity index (χ1) is 16.7. The number of hydrogen-bond donors (Lipinski definition) is 1. The lowest BCUT2D eigenvalue weighted by Crippen LogP contribution is -2.32. The zero-order valence-electron chi connectivity index (χ0n) is 19.1. The Labute approximate surface area is 206 Å². The topological polar surface area (TPSA) is 80.3 Å². The fourth-order valence-corrected chi connectivity index (χ4v) is 6.74. The third kappa shape index (κ3) is 5.12. The summed E-state index contributed by atoms with van der Waals surface area (Å²) in [6.45, 7) is 5.56. The van der Waals surface area contributed by atoms with Crippen molar-refractivity contribution < 1.29 is 16.8 Å². The molecule has 7 heteroatoms. The van der Waals surface area contributed by atoms with Crippen molar-refractivity contribution in [2.45, 2.75) is 22.8 Å². The van der Waals surface area contributed by atoms with Crippen LogP contribution in [-0.2, 0) is 19.9 Å². The fraction of sp³-hybridized carbons (Fsp3) is 0.0714. The van der Waals surface area contributed by atoms with Crippen LogP contribution in [0.15, 0.2) is 130 Å². The zero-order chi connectivity index (χ0) is 25.1. The summed E-state index contributed by atoms with van der Waals surface area (Å²) in [5, 5.41) is 1.60. The Kier molecular flexibility index (Phi) is 7.03. The Morgan fingerprint density at radius 3 is 2.09 bits per heavy atom. The molecule has 0 saturated heterocycles. The monoisotopic (exact) mass is 503 g/mol. The molecule has 0 aliphatic rings. The molecule has 0 radical (unpaired) electrons. The van der Waals surface area contributed by atoms with E-state index in [0.717, 1.165) is 16.3 Å². The highest BCUT2D eigenvalue weighted by molar-refractivity contribution is 7.95. The van der Waals surface area contributed by atoms with Crippen molar-refractivity contribution in [2.24, 2.45) is 0 Å². The smallest absolute Gasteiger partial charge is 0.219 e. The van der Waals surface area contributed by atoms with Crippen LogP contribution in [0.1, 0.15) is 17.2 Å². The van der Waals surface area contributed by atoms with Crippen molar-refractivity contribution in [1.29, 1.82) is 0 Å². The van der Waals surface area contributed by atoms with Crippen LogP contribution in [0.4, 0.5) is 0 Å². The maximum absolute atomic E-state index is 13.9. The molecule has 178 valence electrons. The van der Waals surface area contributed by atoms with Gasteiger partial charge in [0.05, 0.1) is 20.7 Å². The normalized spacial score (nSPS) is 13.5. The summed E-state index contributed by atoms with van der Waals surface area (Å²) in [6.07, 6.45) is 2.71. The van der Waals surface area contributed by atoms with Gasteiger partial charge in [0.2, 0.25) is 19.9 Å². The van der Waals surface area contributed by atoms with Crippen LogP contribution < -0.4 is 4.72 Å². The number of fused-ring (bicyclic) bond motifs is 1. The number of allylic oxidation sites excluding steroid dienone is 2. The van der Waals surface area contributed by atoms with Crippen LogP contribution in [0, 0.1) is 6.92 Å². The van der Waals surface area contributed by atoms with Gasteiger partial charge in [-0.3, -0.25) is 0 Å². The van der Waals surface area contributed by atoms with E-state index in [1.54, 1.807) is 42.5 Å². The lowest BCUT2D eigenvalue weighted by molar-refractivity contribution is 0.570. The summed E-state index contributed by atoms with van der Waals surface area (Å²) in [5.74, 6) is 0. The van der Waals surface area contributed by atoms with Gasteiger partial charge in [0.25, 0.3) is 0 Å². The van der Waals surface area contributed by atoms with Crippen molar-refractivity contribution in [2.75, 3.05) is 0 Å². The minimum Gasteiger partial charge on any atom is -0.219 e. The summed E-state index contributed by atoms with van der Waals surface area (Å²) in [4.78, 5) is -0.0107. The van der Waals surface area contributed by atoms with Crippen LogP contribution >= 0.6 is 0 Å². The average molecular weight is 504 g/mol. The van der Waals surface area contributed by atoms with Crippen LogP contribution in [0.25, 0.3) is 10.8 Å². The van der Waals surface area contributed by atoms with Crippen LogP contribution in [0.2, 0.25) is 0 Å². The van der Waals surface area contributed by atoms with Crippen molar-refractivity contribution in [3.63, 3.8) is 0 Å². The molecule has 1 N–H and O–H groups in total. The van der Waals surface area contributed by atoms with Gasteiger partial charge in [-0.05, 0) is 53.6 Å². The maximum Gasteiger partial charge on any atom is 0.241 e. The van der Waals surface area contributed by atoms with Gasteiger partial charge in [0.15, 0.2) is 0 Å². The van der Waals surface area contributed by atoms with Gasteiger partial charge >= 0.3 is 0 Å². The second-order valence-electron chi connectivity index (χ2n) is 8.06. The molecule has 1 atom stereocenters. The Morgan fingerprint density at radius 2 is 1.40 bits per heavy atom. The maximum atomic E-state index is 13.9. The second kappa shape index (κ2) is 10.00. The summed E-state index contributed by atoms with van der Waals surface area (Å²) >= 11 is 0. The predicted octanol–water partition coefficient (Wildman–Crippen LogP) is 5.71. The standard InChI is InChI=1S/C28H25NO4S2/c1-3-10-27(34(30,31)23-19-17-21(2)18-20-23)28(29-35(32,33)24-13-5-4-6-14-24)26-16-9-12-22-11-7-8-15-25(22)26/h3-20,28-29H,1H2,2H3/b27-10-. The molecule has 1 unspecified atom stereocenters. The van der Waals surface area contributed by atoms with E-state index in [2.05, 4.69) is 11.3 Å². The molecule has 0 aromatic heterocycles. The Bertz CT molecular complexity index is 1600. The largest absolute Gasteiger partial charge is 0.241 e. The lowest BCUT2D eigenvalue weighted by Gasteiger charge is -2.24. The first-order valence-corrected chi connectivity index (χ1v) is 13.9. The number of rotatable bonds is 8. The quantitative estimate of drug-likeness (QED) is 0.312. The first-order valence-electron chi connectivity index (χ1n) is 10.9. The Hall–Kier alpha value is -3.52. The van der Waals surface area contributed by atoms with Crippen LogP contribution in [-0.4, -0.2) is 16.8 Å². The number of sulfonamides is 1. The van der Waals surface area contributed by atoms with Crippen molar-refractivity contribution in [1.82, 2.24) is 4.72 Å². The van der Waals surface area contributed by atoms with Crippen molar-refractivity contribution in [3.8, 4) is 0 Å². The molecule has 0 amide bonds. The first kappa shape index (κ1) is 24.6. The average Bonchev–Trinajstić information content (AvgIpc) is 2.86. The van der Waals surface area contributed by atoms with Crippen molar-refractivity contribution in [3.05, 3.63) is 132 Å². The fourth-order valence-electron chi connectivity index (χ4n) is 3.91. The second-order valence-corrected chi connectivity index (χ2v) is 11.7. The number of benzene rings is 4. The molecule has 4 rings (SSSR count).